The minimum absolute atomic E-state index is 0.0785. The number of hydrogen-bond donors (Lipinski definition) is 0. The van der Waals surface area contributed by atoms with Gasteiger partial charge in [0.1, 0.15) is 17.5 Å². The van der Waals surface area contributed by atoms with Gasteiger partial charge < -0.3 is 19.6 Å². The molecule has 1 amide bonds. The fraction of sp³-hybridized carbons (Fsp3) is 0.619. The van der Waals surface area contributed by atoms with Crippen LogP contribution in [0.2, 0.25) is 0 Å². The number of carbonyl (C=O) groups excluding carboxylic acids is 1. The van der Waals surface area contributed by atoms with E-state index in [1.54, 1.807) is 4.68 Å². The lowest BCUT2D eigenvalue weighted by Gasteiger charge is -2.37. The second-order valence-electron chi connectivity index (χ2n) is 8.37. The minimum atomic E-state index is 0.0785. The Morgan fingerprint density at radius 3 is 1.87 bits per heavy atom. The lowest BCUT2D eigenvalue weighted by atomic mass is 10.1. The van der Waals surface area contributed by atoms with Crippen molar-refractivity contribution in [2.24, 2.45) is 7.05 Å². The largest absolute Gasteiger partial charge is 0.354 e. The van der Waals surface area contributed by atoms with Crippen LogP contribution in [0.25, 0.3) is 0 Å². The van der Waals surface area contributed by atoms with E-state index in [2.05, 4.69) is 42.9 Å². The minimum Gasteiger partial charge on any atom is -0.354 e. The van der Waals surface area contributed by atoms with Crippen molar-refractivity contribution < 1.29 is 4.79 Å². The van der Waals surface area contributed by atoms with Crippen molar-refractivity contribution >= 4 is 17.5 Å². The van der Waals surface area contributed by atoms with Crippen molar-refractivity contribution in [1.82, 2.24) is 29.5 Å². The molecular formula is C21H32N8O. The van der Waals surface area contributed by atoms with Gasteiger partial charge >= 0.3 is 0 Å². The van der Waals surface area contributed by atoms with Crippen LogP contribution in [0.4, 0.5) is 11.6 Å². The van der Waals surface area contributed by atoms with Crippen LogP contribution in [0.3, 0.4) is 0 Å². The number of carbonyl (C=O) groups is 1. The van der Waals surface area contributed by atoms with Gasteiger partial charge in [0.05, 0.1) is 11.3 Å². The van der Waals surface area contributed by atoms with Crippen molar-refractivity contribution in [2.45, 2.75) is 20.8 Å². The normalized spacial score (nSPS) is 18.2. The third-order valence-corrected chi connectivity index (χ3v) is 6.25. The van der Waals surface area contributed by atoms with Gasteiger partial charge in [0.25, 0.3) is 5.91 Å². The number of piperazine rings is 2. The molecule has 0 atom stereocenters. The molecular weight excluding hydrogens is 380 g/mol. The molecule has 4 heterocycles. The van der Waals surface area contributed by atoms with E-state index in [1.165, 1.54) is 0 Å². The van der Waals surface area contributed by atoms with Crippen LogP contribution >= 0.6 is 0 Å². The van der Waals surface area contributed by atoms with Crippen molar-refractivity contribution in [2.75, 3.05) is 69.2 Å². The fourth-order valence-electron chi connectivity index (χ4n) is 4.28. The van der Waals surface area contributed by atoms with E-state index in [0.29, 0.717) is 13.1 Å². The number of rotatable bonds is 3. The number of amides is 1. The first kappa shape index (κ1) is 20.6. The van der Waals surface area contributed by atoms with Crippen LogP contribution in [0.1, 0.15) is 27.6 Å². The number of anilines is 2. The number of aryl methyl sites for hydroxylation is 3. The Labute approximate surface area is 178 Å². The summed E-state index contributed by atoms with van der Waals surface area (Å²) in [5, 5.41) is 4.39. The SMILES string of the molecule is Cc1nc(N2CCN(C)CC2)cc(N2CCN(C(=O)c3c(C)nn(C)c3C)CC2)n1. The Hall–Kier alpha value is -2.68. The van der Waals surface area contributed by atoms with Gasteiger partial charge in [-0.25, -0.2) is 9.97 Å². The van der Waals surface area contributed by atoms with Gasteiger partial charge in [-0.15, -0.1) is 0 Å². The summed E-state index contributed by atoms with van der Waals surface area (Å²) in [7, 11) is 4.04. The zero-order chi connectivity index (χ0) is 21.4. The smallest absolute Gasteiger partial charge is 0.257 e. The Balaban J connectivity index is 1.44. The van der Waals surface area contributed by atoms with Crippen molar-refractivity contribution in [3.05, 3.63) is 28.8 Å². The zero-order valence-corrected chi connectivity index (χ0v) is 18.7. The van der Waals surface area contributed by atoms with Gasteiger partial charge in [-0.05, 0) is 27.8 Å². The molecule has 0 aromatic carbocycles. The molecule has 9 nitrogen and oxygen atoms in total. The van der Waals surface area contributed by atoms with E-state index in [0.717, 1.165) is 73.7 Å². The standard InChI is InChI=1S/C21H32N8O/c1-15-20(16(2)26(5)24-15)21(30)29-12-10-28(11-13-29)19-14-18(22-17(3)23-19)27-8-6-25(4)7-9-27/h14H,6-13H2,1-5H3. The molecule has 0 saturated carbocycles. The fourth-order valence-corrected chi connectivity index (χ4v) is 4.28. The van der Waals surface area contributed by atoms with Crippen LogP contribution in [0.15, 0.2) is 6.07 Å². The predicted octanol–water partition coefficient (Wildman–Crippen LogP) is 0.850. The van der Waals surface area contributed by atoms with Crippen LogP contribution in [-0.2, 0) is 7.05 Å². The molecule has 0 unspecified atom stereocenters. The van der Waals surface area contributed by atoms with Gasteiger partial charge in [0, 0.05) is 71.2 Å². The van der Waals surface area contributed by atoms with Crippen molar-refractivity contribution in [1.29, 1.82) is 0 Å². The van der Waals surface area contributed by atoms with Crippen molar-refractivity contribution in [3.63, 3.8) is 0 Å². The first-order valence-corrected chi connectivity index (χ1v) is 10.7. The number of aromatic nitrogens is 4. The first-order valence-electron chi connectivity index (χ1n) is 10.7. The third-order valence-electron chi connectivity index (χ3n) is 6.25. The van der Waals surface area contributed by atoms with E-state index < -0.39 is 0 Å². The molecule has 0 aliphatic carbocycles. The molecule has 4 rings (SSSR count). The molecule has 2 aromatic rings. The maximum absolute atomic E-state index is 13.1. The lowest BCUT2D eigenvalue weighted by Crippen LogP contribution is -2.49. The maximum atomic E-state index is 13.1. The summed E-state index contributed by atoms with van der Waals surface area (Å²) < 4.78 is 1.78. The highest BCUT2D eigenvalue weighted by molar-refractivity contribution is 5.96. The molecule has 162 valence electrons. The summed E-state index contributed by atoms with van der Waals surface area (Å²) in [6, 6.07) is 2.10. The summed E-state index contributed by atoms with van der Waals surface area (Å²) in [5.74, 6) is 2.83. The van der Waals surface area contributed by atoms with Crippen LogP contribution < -0.4 is 9.80 Å². The van der Waals surface area contributed by atoms with Gasteiger partial charge in [0.15, 0.2) is 0 Å². The van der Waals surface area contributed by atoms with E-state index in [9.17, 15) is 4.79 Å². The van der Waals surface area contributed by atoms with Gasteiger partial charge in [-0.2, -0.15) is 5.10 Å². The predicted molar refractivity (Wildman–Crippen MR) is 117 cm³/mol. The molecule has 2 saturated heterocycles. The molecule has 0 spiro atoms. The summed E-state index contributed by atoms with van der Waals surface area (Å²) in [6.45, 7) is 12.8. The molecule has 0 N–H and O–H groups in total. The molecule has 2 fully saturated rings. The van der Waals surface area contributed by atoms with E-state index >= 15 is 0 Å². The topological polar surface area (TPSA) is 73.6 Å². The summed E-state index contributed by atoms with van der Waals surface area (Å²) in [5.41, 5.74) is 2.45. The number of hydrogen-bond acceptors (Lipinski definition) is 7. The molecule has 2 aliphatic heterocycles. The Bertz CT molecular complexity index is 923. The lowest BCUT2D eigenvalue weighted by molar-refractivity contribution is 0.0745. The maximum Gasteiger partial charge on any atom is 0.257 e. The van der Waals surface area contributed by atoms with Crippen LogP contribution in [0.5, 0.6) is 0 Å². The zero-order valence-electron chi connectivity index (χ0n) is 18.7. The molecule has 9 heteroatoms. The van der Waals surface area contributed by atoms with Crippen LogP contribution in [0, 0.1) is 20.8 Å². The second kappa shape index (κ2) is 8.22. The molecule has 0 bridgehead atoms. The molecule has 2 aliphatic rings. The summed E-state index contributed by atoms with van der Waals surface area (Å²) in [4.78, 5) is 31.3. The summed E-state index contributed by atoms with van der Waals surface area (Å²) in [6.07, 6.45) is 0. The van der Waals surface area contributed by atoms with Crippen LogP contribution in [-0.4, -0.2) is 94.9 Å². The number of likely N-dealkylation sites (N-methyl/N-ethyl adjacent to an activating group) is 1. The highest BCUT2D eigenvalue weighted by atomic mass is 16.2. The Morgan fingerprint density at radius 2 is 1.37 bits per heavy atom. The highest BCUT2D eigenvalue weighted by Gasteiger charge is 2.27. The molecule has 30 heavy (non-hydrogen) atoms. The van der Waals surface area contributed by atoms with E-state index in [-0.39, 0.29) is 5.91 Å². The third kappa shape index (κ3) is 3.98. The second-order valence-corrected chi connectivity index (χ2v) is 8.37. The van der Waals surface area contributed by atoms with E-state index in [1.807, 2.05) is 32.7 Å². The quantitative estimate of drug-likeness (QED) is 0.740. The average molecular weight is 413 g/mol. The molecule has 0 radical (unpaired) electrons. The van der Waals surface area contributed by atoms with Gasteiger partial charge in [0.2, 0.25) is 0 Å². The summed E-state index contributed by atoms with van der Waals surface area (Å²) >= 11 is 0. The first-order chi connectivity index (χ1) is 14.3. The Morgan fingerprint density at radius 1 is 0.833 bits per heavy atom. The monoisotopic (exact) mass is 412 g/mol. The Kier molecular flexibility index (Phi) is 5.64. The highest BCUT2D eigenvalue weighted by Crippen LogP contribution is 2.22. The molecule has 2 aromatic heterocycles. The van der Waals surface area contributed by atoms with Gasteiger partial charge in [-0.1, -0.05) is 0 Å². The van der Waals surface area contributed by atoms with Gasteiger partial charge in [-0.3, -0.25) is 9.48 Å². The van der Waals surface area contributed by atoms with E-state index in [4.69, 9.17) is 0 Å². The average Bonchev–Trinajstić information content (AvgIpc) is 2.99. The number of nitrogens with zero attached hydrogens (tertiary/aromatic N) is 8. The van der Waals surface area contributed by atoms with Crippen molar-refractivity contribution in [3.8, 4) is 0 Å².